The van der Waals surface area contributed by atoms with Gasteiger partial charge in [0.2, 0.25) is 5.13 Å². The molecule has 0 saturated heterocycles. The van der Waals surface area contributed by atoms with Crippen LogP contribution in [-0.2, 0) is 41.2 Å². The van der Waals surface area contributed by atoms with E-state index >= 15 is 0 Å². The number of hydrogen-bond donors (Lipinski definition) is 1. The summed E-state index contributed by atoms with van der Waals surface area (Å²) >= 11 is 1.43. The van der Waals surface area contributed by atoms with Crippen LogP contribution in [0.2, 0.25) is 0 Å². The number of rotatable bonds is 9. The molecule has 0 bridgehead atoms. The molecule has 2 aromatic heterocycles. The molecule has 0 spiro atoms. The minimum absolute atomic E-state index is 0.0283. The first-order valence-electron chi connectivity index (χ1n) is 15.6. The highest BCUT2D eigenvalue weighted by atomic mass is 32.1. The second-order valence-corrected chi connectivity index (χ2v) is 13.1. The Kier molecular flexibility index (Phi) is 13.2. The summed E-state index contributed by atoms with van der Waals surface area (Å²) in [5.41, 5.74) is -1.83. The molecular formula is C34H41F3N6O7S. The Labute approximate surface area is 296 Å². The molecule has 4 rings (SSSR count). The number of nitrogens with zero attached hydrogens (tertiary/aromatic N) is 5. The third-order valence-corrected chi connectivity index (χ3v) is 8.76. The second-order valence-electron chi connectivity index (χ2n) is 12.2. The number of anilines is 1. The van der Waals surface area contributed by atoms with Crippen LogP contribution in [0, 0.1) is 0 Å². The highest BCUT2D eigenvalue weighted by Crippen LogP contribution is 2.30. The maximum atomic E-state index is 13.1. The van der Waals surface area contributed by atoms with E-state index in [9.17, 15) is 32.3 Å². The van der Waals surface area contributed by atoms with Crippen molar-refractivity contribution in [1.29, 1.82) is 0 Å². The molecule has 2 heterocycles. The molecule has 1 N–H and O–H groups in total. The SMILES string of the molecule is CCc1ccc(COc2ccc(-n3c(=O)cc(C(F)(F)F)n(C)c3=O)cc2)c(OC(C)C(=O)OC)c1.CNC(=O)N(C)c1nnc(C(C)(C)C)s1. The summed E-state index contributed by atoms with van der Waals surface area (Å²) in [6.07, 6.45) is -4.91. The molecule has 0 radical (unpaired) electrons. The summed E-state index contributed by atoms with van der Waals surface area (Å²) in [5.74, 6) is 0.315. The number of hydrogen-bond acceptors (Lipinski definition) is 10. The zero-order valence-electron chi connectivity index (χ0n) is 29.7. The van der Waals surface area contributed by atoms with Gasteiger partial charge in [-0.15, -0.1) is 10.2 Å². The smallest absolute Gasteiger partial charge is 0.431 e. The number of benzene rings is 2. The molecule has 4 aromatic rings. The zero-order chi connectivity index (χ0) is 38.3. The summed E-state index contributed by atoms with van der Waals surface area (Å²) in [5, 5.41) is 12.1. The minimum Gasteiger partial charge on any atom is -0.489 e. The van der Waals surface area contributed by atoms with E-state index in [1.54, 1.807) is 21.0 Å². The fraction of sp³-hybridized carbons (Fsp3) is 0.412. The Balaban J connectivity index is 0.000000391. The first-order chi connectivity index (χ1) is 23.8. The summed E-state index contributed by atoms with van der Waals surface area (Å²) in [4.78, 5) is 49.3. The quantitative estimate of drug-likeness (QED) is 0.228. The molecule has 13 nitrogen and oxygen atoms in total. The molecule has 276 valence electrons. The lowest BCUT2D eigenvalue weighted by Gasteiger charge is -2.17. The van der Waals surface area contributed by atoms with Gasteiger partial charge in [-0.3, -0.25) is 14.3 Å². The highest BCUT2D eigenvalue weighted by molar-refractivity contribution is 7.15. The van der Waals surface area contributed by atoms with Crippen LogP contribution in [0.25, 0.3) is 5.69 Å². The number of carbonyl (C=O) groups is 2. The number of carbonyl (C=O) groups excluding carboxylic acids is 2. The van der Waals surface area contributed by atoms with E-state index in [0.717, 1.165) is 24.0 Å². The predicted molar refractivity (Wildman–Crippen MR) is 186 cm³/mol. The predicted octanol–water partition coefficient (Wildman–Crippen LogP) is 5.25. The number of amides is 2. The first kappa shape index (κ1) is 40.2. The lowest BCUT2D eigenvalue weighted by atomic mass is 9.98. The van der Waals surface area contributed by atoms with E-state index in [0.29, 0.717) is 37.4 Å². The molecule has 0 saturated carbocycles. The van der Waals surface area contributed by atoms with Crippen molar-refractivity contribution in [2.45, 2.75) is 65.3 Å². The van der Waals surface area contributed by atoms with Crippen molar-refractivity contribution in [3.8, 4) is 17.2 Å². The molecule has 0 aliphatic heterocycles. The van der Waals surface area contributed by atoms with Gasteiger partial charge in [-0.2, -0.15) is 13.2 Å². The van der Waals surface area contributed by atoms with Crippen LogP contribution in [-0.4, -0.2) is 58.6 Å². The van der Waals surface area contributed by atoms with Gasteiger partial charge in [0.15, 0.2) is 6.10 Å². The summed E-state index contributed by atoms with van der Waals surface area (Å²) in [6.45, 7) is 9.83. The van der Waals surface area contributed by atoms with Crippen molar-refractivity contribution in [3.63, 3.8) is 0 Å². The number of alkyl halides is 3. The van der Waals surface area contributed by atoms with Crippen molar-refractivity contribution in [1.82, 2.24) is 24.6 Å². The molecule has 1 unspecified atom stereocenters. The molecule has 17 heteroatoms. The Morgan fingerprint density at radius 1 is 1.04 bits per heavy atom. The number of esters is 1. The van der Waals surface area contributed by atoms with E-state index in [1.165, 1.54) is 47.6 Å². The van der Waals surface area contributed by atoms with Gasteiger partial charge in [0.05, 0.1) is 12.8 Å². The van der Waals surface area contributed by atoms with Crippen LogP contribution in [0.15, 0.2) is 58.1 Å². The molecule has 2 aromatic carbocycles. The lowest BCUT2D eigenvalue weighted by Crippen LogP contribution is -2.40. The van der Waals surface area contributed by atoms with Crippen molar-refractivity contribution in [2.24, 2.45) is 7.05 Å². The third-order valence-electron chi connectivity index (χ3n) is 7.34. The molecule has 1 atom stereocenters. The van der Waals surface area contributed by atoms with Crippen LogP contribution in [0.5, 0.6) is 11.5 Å². The molecule has 0 aliphatic rings. The average molecular weight is 735 g/mol. The normalized spacial score (nSPS) is 11.9. The van der Waals surface area contributed by atoms with Crippen LogP contribution < -0.4 is 30.9 Å². The fourth-order valence-corrected chi connectivity index (χ4v) is 5.21. The van der Waals surface area contributed by atoms with Crippen LogP contribution in [0.4, 0.5) is 23.1 Å². The van der Waals surface area contributed by atoms with Gasteiger partial charge in [0, 0.05) is 38.2 Å². The molecule has 2 amide bonds. The van der Waals surface area contributed by atoms with E-state index in [-0.39, 0.29) is 23.7 Å². The van der Waals surface area contributed by atoms with E-state index in [1.807, 2.05) is 25.1 Å². The third kappa shape index (κ3) is 10.2. The highest BCUT2D eigenvalue weighted by Gasteiger charge is 2.35. The Hall–Kier alpha value is -5.19. The second kappa shape index (κ2) is 16.7. The topological polar surface area (TPSA) is 147 Å². The number of ether oxygens (including phenoxy) is 3. The average Bonchev–Trinajstić information content (AvgIpc) is 3.60. The van der Waals surface area contributed by atoms with Gasteiger partial charge in [-0.1, -0.05) is 51.2 Å². The maximum Gasteiger partial charge on any atom is 0.431 e. The van der Waals surface area contributed by atoms with E-state index < -0.39 is 35.2 Å². The van der Waals surface area contributed by atoms with Gasteiger partial charge in [-0.25, -0.2) is 19.0 Å². The van der Waals surface area contributed by atoms with Crippen LogP contribution in [0.1, 0.15) is 56.4 Å². The maximum absolute atomic E-state index is 13.1. The number of urea groups is 1. The van der Waals surface area contributed by atoms with Gasteiger partial charge in [0.1, 0.15) is 28.8 Å². The number of aryl methyl sites for hydroxylation is 1. The van der Waals surface area contributed by atoms with Gasteiger partial charge >= 0.3 is 23.9 Å². The van der Waals surface area contributed by atoms with Crippen molar-refractivity contribution in [2.75, 3.05) is 26.1 Å². The standard InChI is InChI=1S/C25H25F3N2O6.C9H16N4OS/c1-5-16-6-7-17(20(12-16)36-15(2)23(32)34-4)14-35-19-10-8-18(9-11-19)30-22(31)13-21(25(26,27)28)29(3)24(30)33;1-9(2,3)6-11-12-8(15-6)13(5)7(14)10-4/h6-13,15H,5,14H2,1-4H3;1-5H3,(H,10,14). The molecule has 0 fully saturated rings. The van der Waals surface area contributed by atoms with Crippen LogP contribution >= 0.6 is 11.3 Å². The van der Waals surface area contributed by atoms with Gasteiger partial charge in [0.25, 0.3) is 5.56 Å². The van der Waals surface area contributed by atoms with Crippen molar-refractivity contribution >= 4 is 28.5 Å². The first-order valence-corrected chi connectivity index (χ1v) is 16.4. The number of halogens is 3. The van der Waals surface area contributed by atoms with Gasteiger partial charge in [-0.05, 0) is 49.2 Å². The molecule has 0 aliphatic carbocycles. The summed E-state index contributed by atoms with van der Waals surface area (Å²) < 4.78 is 56.5. The van der Waals surface area contributed by atoms with Crippen molar-refractivity contribution < 1.29 is 37.0 Å². The van der Waals surface area contributed by atoms with Gasteiger partial charge < -0.3 is 19.5 Å². The van der Waals surface area contributed by atoms with Crippen molar-refractivity contribution in [3.05, 3.63) is 91.2 Å². The zero-order valence-corrected chi connectivity index (χ0v) is 30.6. The Morgan fingerprint density at radius 3 is 2.22 bits per heavy atom. The molecular weight excluding hydrogens is 693 g/mol. The Morgan fingerprint density at radius 2 is 1.69 bits per heavy atom. The largest absolute Gasteiger partial charge is 0.489 e. The fourth-order valence-electron chi connectivity index (χ4n) is 4.35. The summed E-state index contributed by atoms with van der Waals surface area (Å²) in [7, 11) is 5.48. The van der Waals surface area contributed by atoms with E-state index in [4.69, 9.17) is 14.2 Å². The number of nitrogens with one attached hydrogen (secondary N) is 1. The molecule has 51 heavy (non-hydrogen) atoms. The van der Waals surface area contributed by atoms with Crippen LogP contribution in [0.3, 0.4) is 0 Å². The number of aromatic nitrogens is 4. The number of methoxy groups -OCH3 is 1. The van der Waals surface area contributed by atoms with E-state index in [2.05, 4.69) is 36.3 Å². The lowest BCUT2D eigenvalue weighted by molar-refractivity contribution is -0.148. The summed E-state index contributed by atoms with van der Waals surface area (Å²) in [6, 6.07) is 11.5. The Bertz CT molecular complexity index is 1950. The minimum atomic E-state index is -4.84. The monoisotopic (exact) mass is 734 g/mol.